The number of benzene rings is 2. The molecule has 1 aromatic heterocycles. The highest BCUT2D eigenvalue weighted by atomic mass is 35.5. The average molecular weight is 512 g/mol. The molecule has 0 atom stereocenters. The molecule has 1 N–H and O–H groups in total. The highest BCUT2D eigenvalue weighted by Crippen LogP contribution is 2.29. The Kier molecular flexibility index (Phi) is 7.91. The summed E-state index contributed by atoms with van der Waals surface area (Å²) in [5.74, 6) is 0.393. The van der Waals surface area contributed by atoms with Crippen LogP contribution in [0.4, 0.5) is 11.4 Å². The third-order valence-corrected chi connectivity index (χ3v) is 7.91. The summed E-state index contributed by atoms with van der Waals surface area (Å²) >= 11 is 7.38. The van der Waals surface area contributed by atoms with Gasteiger partial charge in [0.15, 0.2) is 0 Å². The normalized spacial score (nSPS) is 17.5. The Morgan fingerprint density at radius 1 is 1.00 bits per heavy atom. The molecule has 1 saturated carbocycles. The first kappa shape index (κ1) is 24.2. The third kappa shape index (κ3) is 6.18. The molecule has 184 valence electrons. The molecule has 7 nitrogen and oxygen atoms in total. The second kappa shape index (κ2) is 11.5. The second-order valence-corrected chi connectivity index (χ2v) is 10.4. The van der Waals surface area contributed by atoms with Gasteiger partial charge in [0.1, 0.15) is 0 Å². The molecule has 1 aliphatic carbocycles. The van der Waals surface area contributed by atoms with E-state index in [1.807, 2.05) is 30.3 Å². The van der Waals surface area contributed by atoms with Gasteiger partial charge in [-0.2, -0.15) is 0 Å². The largest absolute Gasteiger partial charge is 0.411 e. The van der Waals surface area contributed by atoms with Crippen LogP contribution < -0.4 is 10.2 Å². The van der Waals surface area contributed by atoms with Gasteiger partial charge in [-0.05, 0) is 49.2 Å². The van der Waals surface area contributed by atoms with Crippen LogP contribution >= 0.6 is 23.4 Å². The molecule has 9 heteroatoms. The number of carbonyl (C=O) groups is 1. The lowest BCUT2D eigenvalue weighted by Gasteiger charge is -2.41. The number of rotatable bonds is 7. The SMILES string of the molecule is O=C(CSc1nnc(-c2ccccc2Cl)o1)Nc1ccc(N2CCN(C3CCCCC3)CC2)cc1. The van der Waals surface area contributed by atoms with Gasteiger partial charge in [0.05, 0.1) is 16.3 Å². The Balaban J connectivity index is 1.08. The van der Waals surface area contributed by atoms with E-state index < -0.39 is 0 Å². The number of hydrogen-bond donors (Lipinski definition) is 1. The van der Waals surface area contributed by atoms with Crippen LogP contribution in [0.1, 0.15) is 32.1 Å². The Morgan fingerprint density at radius 3 is 2.49 bits per heavy atom. The highest BCUT2D eigenvalue weighted by Gasteiger charge is 2.25. The van der Waals surface area contributed by atoms with Gasteiger partial charge in [0.2, 0.25) is 11.8 Å². The number of amides is 1. The molecule has 0 radical (unpaired) electrons. The quantitative estimate of drug-likeness (QED) is 0.415. The number of hydrogen-bond acceptors (Lipinski definition) is 7. The zero-order valence-corrected chi connectivity index (χ0v) is 21.2. The van der Waals surface area contributed by atoms with Crippen molar-refractivity contribution in [1.82, 2.24) is 15.1 Å². The monoisotopic (exact) mass is 511 g/mol. The van der Waals surface area contributed by atoms with Gasteiger partial charge in [-0.3, -0.25) is 9.69 Å². The van der Waals surface area contributed by atoms with Gasteiger partial charge in [-0.15, -0.1) is 10.2 Å². The molecule has 2 aliphatic rings. The summed E-state index contributed by atoms with van der Waals surface area (Å²) in [6.45, 7) is 4.38. The first-order valence-corrected chi connectivity index (χ1v) is 13.6. The van der Waals surface area contributed by atoms with Gasteiger partial charge < -0.3 is 14.6 Å². The fourth-order valence-electron chi connectivity index (χ4n) is 4.88. The molecule has 0 bridgehead atoms. The molecule has 1 aliphatic heterocycles. The molecule has 1 saturated heterocycles. The number of piperazine rings is 1. The number of nitrogens with zero attached hydrogens (tertiary/aromatic N) is 4. The van der Waals surface area contributed by atoms with E-state index >= 15 is 0 Å². The standard InChI is InChI=1S/C26H30ClN5O2S/c27-23-9-5-4-8-22(23)25-29-30-26(34-25)35-18-24(33)28-19-10-12-21(13-11-19)32-16-14-31(15-17-32)20-6-2-1-3-7-20/h4-5,8-13,20H,1-3,6-7,14-18H2,(H,28,33). The van der Waals surface area contributed by atoms with E-state index in [2.05, 4.69) is 37.4 Å². The first-order valence-electron chi connectivity index (χ1n) is 12.3. The van der Waals surface area contributed by atoms with E-state index in [1.54, 1.807) is 6.07 Å². The van der Waals surface area contributed by atoms with Gasteiger partial charge in [0.25, 0.3) is 5.22 Å². The van der Waals surface area contributed by atoms with E-state index in [0.717, 1.165) is 37.9 Å². The number of halogens is 1. The van der Waals surface area contributed by atoms with Crippen molar-refractivity contribution in [2.24, 2.45) is 0 Å². The van der Waals surface area contributed by atoms with E-state index in [1.165, 1.54) is 49.6 Å². The van der Waals surface area contributed by atoms with Crippen molar-refractivity contribution in [3.8, 4) is 11.5 Å². The molecular weight excluding hydrogens is 482 g/mol. The number of anilines is 2. The van der Waals surface area contributed by atoms with Crippen molar-refractivity contribution < 1.29 is 9.21 Å². The topological polar surface area (TPSA) is 74.5 Å². The fraction of sp³-hybridized carbons (Fsp3) is 0.423. The van der Waals surface area contributed by atoms with Crippen molar-refractivity contribution in [2.45, 2.75) is 43.4 Å². The predicted molar refractivity (Wildman–Crippen MR) is 141 cm³/mol. The minimum Gasteiger partial charge on any atom is -0.411 e. The molecule has 3 aromatic rings. The maximum atomic E-state index is 12.4. The Hall–Kier alpha value is -2.55. The number of carbonyl (C=O) groups excluding carboxylic acids is 1. The maximum Gasteiger partial charge on any atom is 0.277 e. The van der Waals surface area contributed by atoms with Gasteiger partial charge in [-0.25, -0.2) is 0 Å². The number of thioether (sulfide) groups is 1. The summed E-state index contributed by atoms with van der Waals surface area (Å²) < 4.78 is 5.65. The van der Waals surface area contributed by atoms with Crippen molar-refractivity contribution in [3.05, 3.63) is 53.6 Å². The molecule has 0 unspecified atom stereocenters. The summed E-state index contributed by atoms with van der Waals surface area (Å²) in [7, 11) is 0. The number of aromatic nitrogens is 2. The maximum absolute atomic E-state index is 12.4. The average Bonchev–Trinajstić information content (AvgIpc) is 3.38. The second-order valence-electron chi connectivity index (χ2n) is 9.05. The number of nitrogens with one attached hydrogen (secondary N) is 1. The van der Waals surface area contributed by atoms with Crippen molar-refractivity contribution in [2.75, 3.05) is 42.1 Å². The molecule has 0 spiro atoms. The molecule has 1 amide bonds. The van der Waals surface area contributed by atoms with E-state index in [4.69, 9.17) is 16.0 Å². The van der Waals surface area contributed by atoms with E-state index in [-0.39, 0.29) is 11.7 Å². The van der Waals surface area contributed by atoms with Crippen molar-refractivity contribution in [1.29, 1.82) is 0 Å². The van der Waals surface area contributed by atoms with Crippen LogP contribution in [0.15, 0.2) is 58.2 Å². The molecule has 35 heavy (non-hydrogen) atoms. The van der Waals surface area contributed by atoms with Crippen LogP contribution in [0.2, 0.25) is 5.02 Å². The van der Waals surface area contributed by atoms with Gasteiger partial charge in [0, 0.05) is 43.6 Å². The smallest absolute Gasteiger partial charge is 0.277 e. The van der Waals surface area contributed by atoms with Gasteiger partial charge >= 0.3 is 0 Å². The molecule has 2 aromatic carbocycles. The van der Waals surface area contributed by atoms with Crippen molar-refractivity contribution >= 4 is 40.6 Å². The molecule has 2 heterocycles. The molecular formula is C26H30ClN5O2S. The highest BCUT2D eigenvalue weighted by molar-refractivity contribution is 7.99. The van der Waals surface area contributed by atoms with Crippen LogP contribution in [-0.2, 0) is 4.79 Å². The first-order chi connectivity index (χ1) is 17.2. The van der Waals surface area contributed by atoms with Crippen molar-refractivity contribution in [3.63, 3.8) is 0 Å². The van der Waals surface area contributed by atoms with E-state index in [9.17, 15) is 4.79 Å². The summed E-state index contributed by atoms with van der Waals surface area (Å²) in [6.07, 6.45) is 6.90. The lowest BCUT2D eigenvalue weighted by Crippen LogP contribution is -2.50. The van der Waals surface area contributed by atoms with Crippen LogP contribution in [0.3, 0.4) is 0 Å². The van der Waals surface area contributed by atoms with Crippen LogP contribution in [0.25, 0.3) is 11.5 Å². The van der Waals surface area contributed by atoms with Crippen LogP contribution in [0.5, 0.6) is 0 Å². The Morgan fingerprint density at radius 2 is 1.74 bits per heavy atom. The Labute approximate surface area is 215 Å². The third-order valence-electron chi connectivity index (χ3n) is 6.76. The zero-order chi connectivity index (χ0) is 24.0. The Bertz CT molecular complexity index is 1120. The summed E-state index contributed by atoms with van der Waals surface area (Å²) in [6, 6.07) is 16.2. The summed E-state index contributed by atoms with van der Waals surface area (Å²) in [4.78, 5) is 17.6. The lowest BCUT2D eigenvalue weighted by molar-refractivity contribution is -0.113. The lowest BCUT2D eigenvalue weighted by atomic mass is 9.94. The predicted octanol–water partition coefficient (Wildman–Crippen LogP) is 5.58. The van der Waals surface area contributed by atoms with Crippen LogP contribution in [-0.4, -0.2) is 59.0 Å². The minimum absolute atomic E-state index is 0.124. The van der Waals surface area contributed by atoms with Crippen LogP contribution in [0, 0.1) is 0 Å². The summed E-state index contributed by atoms with van der Waals surface area (Å²) in [5, 5.41) is 11.9. The minimum atomic E-state index is -0.124. The van der Waals surface area contributed by atoms with E-state index in [0.29, 0.717) is 21.7 Å². The van der Waals surface area contributed by atoms with Gasteiger partial charge in [-0.1, -0.05) is 54.8 Å². The fourth-order valence-corrected chi connectivity index (χ4v) is 5.66. The molecule has 5 rings (SSSR count). The summed E-state index contributed by atoms with van der Waals surface area (Å²) in [5.41, 5.74) is 2.66. The zero-order valence-electron chi connectivity index (χ0n) is 19.7. The molecule has 2 fully saturated rings.